The van der Waals surface area contributed by atoms with Crippen LogP contribution in [0.1, 0.15) is 40.2 Å². The minimum atomic E-state index is -2.77. The van der Waals surface area contributed by atoms with Gasteiger partial charge >= 0.3 is 0 Å². The number of hydrogen-bond acceptors (Lipinski definition) is 2. The maximum atomic E-state index is 12.5. The highest BCUT2D eigenvalue weighted by atomic mass is 19.3. The smallest absolute Gasteiger partial charge is 0.270 e. The lowest BCUT2D eigenvalue weighted by Gasteiger charge is -2.31. The maximum absolute atomic E-state index is 12.5. The van der Waals surface area contributed by atoms with Gasteiger partial charge in [-0.05, 0) is 27.7 Å². The van der Waals surface area contributed by atoms with Gasteiger partial charge in [0.15, 0.2) is 0 Å². The molecule has 0 aliphatic rings. The van der Waals surface area contributed by atoms with Crippen molar-refractivity contribution in [3.63, 3.8) is 0 Å². The van der Waals surface area contributed by atoms with Crippen molar-refractivity contribution in [2.45, 2.75) is 51.7 Å². The molecule has 106 valence electrons. The Morgan fingerprint density at radius 2 is 1.16 bits per heavy atom. The number of benzene rings is 1. The first-order valence-corrected chi connectivity index (χ1v) is 5.94. The zero-order valence-electron chi connectivity index (χ0n) is 12.0. The number of aliphatic hydroxyl groups is 2. The summed E-state index contributed by atoms with van der Waals surface area (Å²) in [4.78, 5) is 0. The molecule has 2 N–H and O–H groups in total. The minimum Gasteiger partial charge on any atom is -0.387 e. The first-order valence-electron chi connectivity index (χ1n) is 5.94. The largest absolute Gasteiger partial charge is 0.387 e. The molecule has 0 amide bonds. The monoisotopic (exact) mass is 270 g/mol. The van der Waals surface area contributed by atoms with Crippen molar-refractivity contribution in [1.82, 2.24) is 0 Å². The molecule has 0 atom stereocenters. The maximum Gasteiger partial charge on any atom is 0.270 e. The Hall–Kier alpha value is -0.935. The van der Waals surface area contributed by atoms with E-state index < -0.39 is 17.1 Å². The molecular formula is C14H21BF2O2. The lowest BCUT2D eigenvalue weighted by atomic mass is 9.90. The third-order valence-corrected chi connectivity index (χ3v) is 2.91. The first kappa shape index (κ1) is 18.1. The molecule has 0 aliphatic carbocycles. The van der Waals surface area contributed by atoms with Gasteiger partial charge in [0.05, 0.1) is 11.2 Å². The molecule has 5 heteroatoms. The average Bonchev–Trinajstić information content (AvgIpc) is 2.14. The Bertz CT molecular complexity index is 372. The van der Waals surface area contributed by atoms with Crippen molar-refractivity contribution in [3.05, 3.63) is 29.8 Å². The van der Waals surface area contributed by atoms with Crippen molar-refractivity contribution >= 4 is 13.3 Å². The highest BCUT2D eigenvalue weighted by Crippen LogP contribution is 2.25. The van der Waals surface area contributed by atoms with Crippen LogP contribution in [0.2, 0.25) is 0 Å². The molecule has 19 heavy (non-hydrogen) atoms. The van der Waals surface area contributed by atoms with Crippen LogP contribution in [0.5, 0.6) is 0 Å². The summed E-state index contributed by atoms with van der Waals surface area (Å²) in [6.07, 6.45) is 0. The van der Waals surface area contributed by atoms with Gasteiger partial charge in [-0.3, -0.25) is 0 Å². The van der Waals surface area contributed by atoms with Gasteiger partial charge in [0.1, 0.15) is 7.85 Å². The van der Waals surface area contributed by atoms with Crippen molar-refractivity contribution in [1.29, 1.82) is 0 Å². The van der Waals surface area contributed by atoms with Crippen molar-refractivity contribution in [2.75, 3.05) is 0 Å². The minimum absolute atomic E-state index is 0.00769. The van der Waals surface area contributed by atoms with Crippen molar-refractivity contribution in [2.24, 2.45) is 0 Å². The Morgan fingerprint density at radius 1 is 0.842 bits per heavy atom. The van der Waals surface area contributed by atoms with Gasteiger partial charge in [-0.15, -0.1) is 0 Å². The molecule has 0 saturated heterocycles. The molecule has 2 nitrogen and oxygen atoms in total. The van der Waals surface area contributed by atoms with E-state index in [4.69, 9.17) is 18.1 Å². The van der Waals surface area contributed by atoms with Gasteiger partial charge in [0.25, 0.3) is 5.92 Å². The Labute approximate surface area is 114 Å². The third-order valence-electron chi connectivity index (χ3n) is 2.91. The molecule has 0 aliphatic heterocycles. The first-order chi connectivity index (χ1) is 8.25. The van der Waals surface area contributed by atoms with E-state index in [1.165, 1.54) is 24.3 Å². The van der Waals surface area contributed by atoms with E-state index in [1.54, 1.807) is 27.7 Å². The quantitative estimate of drug-likeness (QED) is 0.808. The average molecular weight is 270 g/mol. The highest BCUT2D eigenvalue weighted by Gasteiger charge is 2.31. The summed E-state index contributed by atoms with van der Waals surface area (Å²) in [5.41, 5.74) is -1.52. The number of hydrogen-bond donors (Lipinski definition) is 2. The van der Waals surface area contributed by atoms with E-state index in [-0.39, 0.29) is 5.56 Å². The second-order valence-corrected chi connectivity index (χ2v) is 5.63. The fourth-order valence-corrected chi connectivity index (χ4v) is 0.776. The molecule has 0 aromatic heterocycles. The van der Waals surface area contributed by atoms with E-state index in [2.05, 4.69) is 0 Å². The van der Waals surface area contributed by atoms with Gasteiger partial charge < -0.3 is 10.2 Å². The van der Waals surface area contributed by atoms with Crippen molar-refractivity contribution < 1.29 is 19.0 Å². The fraction of sp³-hybridized carbons (Fsp3) is 0.571. The van der Waals surface area contributed by atoms with Crippen LogP contribution >= 0.6 is 0 Å². The number of rotatable bonds is 2. The molecule has 0 fully saturated rings. The standard InChI is InChI=1S/C8H7BF2.C6H14O2/c1-8(10,11)6-2-4-7(9)5-3-6;1-5(2,7)6(3,4)8/h2-5H,1H3;7-8H,1-4H3. The SMILES string of the molecule is CC(C)(O)C(C)(C)O.[B]c1ccc(C(C)(F)F)cc1. The van der Waals surface area contributed by atoms with Gasteiger partial charge in [-0.25, -0.2) is 8.78 Å². The Kier molecular flexibility index (Phi) is 5.72. The zero-order valence-corrected chi connectivity index (χ0v) is 12.0. The van der Waals surface area contributed by atoms with Crippen LogP contribution in [-0.2, 0) is 5.92 Å². The second-order valence-electron chi connectivity index (χ2n) is 5.63. The molecule has 0 saturated carbocycles. The fourth-order valence-electron chi connectivity index (χ4n) is 0.776. The Morgan fingerprint density at radius 3 is 1.37 bits per heavy atom. The van der Waals surface area contributed by atoms with Gasteiger partial charge in [0.2, 0.25) is 0 Å². The summed E-state index contributed by atoms with van der Waals surface area (Å²) >= 11 is 0. The van der Waals surface area contributed by atoms with Crippen molar-refractivity contribution in [3.8, 4) is 0 Å². The predicted octanol–water partition coefficient (Wildman–Crippen LogP) is 2.12. The summed E-state index contributed by atoms with van der Waals surface area (Å²) in [7, 11) is 5.33. The second kappa shape index (κ2) is 6.01. The van der Waals surface area contributed by atoms with E-state index in [1.807, 2.05) is 0 Å². The predicted molar refractivity (Wildman–Crippen MR) is 74.0 cm³/mol. The molecule has 0 unspecified atom stereocenters. The van der Waals surface area contributed by atoms with Crippen LogP contribution in [0.3, 0.4) is 0 Å². The zero-order chi connectivity index (χ0) is 15.5. The molecule has 1 aromatic carbocycles. The molecule has 0 bridgehead atoms. The normalized spacial score (nSPS) is 12.7. The van der Waals surface area contributed by atoms with Gasteiger partial charge in [0, 0.05) is 12.5 Å². The third kappa shape index (κ3) is 6.69. The van der Waals surface area contributed by atoms with Crippen LogP contribution in [0.15, 0.2) is 24.3 Å². The van der Waals surface area contributed by atoms with E-state index in [0.29, 0.717) is 5.46 Å². The van der Waals surface area contributed by atoms with Gasteiger partial charge in [-0.1, -0.05) is 29.7 Å². The molecule has 0 heterocycles. The van der Waals surface area contributed by atoms with E-state index in [0.717, 1.165) is 6.92 Å². The number of halogens is 2. The number of alkyl halides is 2. The topological polar surface area (TPSA) is 40.5 Å². The Balaban J connectivity index is 0.000000362. The summed E-state index contributed by atoms with van der Waals surface area (Å²) in [5, 5.41) is 18.2. The summed E-state index contributed by atoms with van der Waals surface area (Å²) < 4.78 is 25.1. The summed E-state index contributed by atoms with van der Waals surface area (Å²) in [6, 6.07) is 5.59. The molecule has 2 radical (unpaired) electrons. The van der Waals surface area contributed by atoms with Crippen LogP contribution in [0.4, 0.5) is 8.78 Å². The lowest BCUT2D eigenvalue weighted by molar-refractivity contribution is -0.107. The molecule has 1 aromatic rings. The van der Waals surface area contributed by atoms with Crippen LogP contribution in [0.25, 0.3) is 0 Å². The van der Waals surface area contributed by atoms with Crippen LogP contribution in [0, 0.1) is 0 Å². The molecule has 0 spiro atoms. The van der Waals surface area contributed by atoms with Crippen LogP contribution < -0.4 is 5.46 Å². The van der Waals surface area contributed by atoms with Crippen LogP contribution in [-0.4, -0.2) is 29.3 Å². The summed E-state index contributed by atoms with van der Waals surface area (Å²) in [6.45, 7) is 7.17. The molecule has 1 rings (SSSR count). The van der Waals surface area contributed by atoms with E-state index >= 15 is 0 Å². The lowest BCUT2D eigenvalue weighted by Crippen LogP contribution is -2.44. The van der Waals surface area contributed by atoms with Gasteiger partial charge in [-0.2, -0.15) is 0 Å². The molecular weight excluding hydrogens is 249 g/mol. The summed E-state index contributed by atoms with van der Waals surface area (Å²) in [5.74, 6) is -2.77. The van der Waals surface area contributed by atoms with E-state index in [9.17, 15) is 8.78 Å². The highest BCUT2D eigenvalue weighted by molar-refractivity contribution is 6.32.